The van der Waals surface area contributed by atoms with Gasteiger partial charge in [0.05, 0.1) is 17.5 Å². The van der Waals surface area contributed by atoms with Crippen molar-refractivity contribution in [3.63, 3.8) is 0 Å². The molecule has 0 atom stereocenters. The highest BCUT2D eigenvalue weighted by molar-refractivity contribution is 6.34. The Morgan fingerprint density at radius 2 is 2.29 bits per heavy atom. The number of nitriles is 1. The molecular weight excluding hydrogens is 205 g/mol. The lowest BCUT2D eigenvalue weighted by Crippen LogP contribution is -2.00. The Morgan fingerprint density at radius 1 is 1.64 bits per heavy atom. The Morgan fingerprint density at radius 3 is 2.86 bits per heavy atom. The highest BCUT2D eigenvalue weighted by atomic mass is 35.5. The normalized spacial score (nSPS) is 9.57. The molecule has 2 nitrogen and oxygen atoms in total. The third-order valence-corrected chi connectivity index (χ3v) is 2.10. The lowest BCUT2D eigenvalue weighted by Gasteiger charge is -2.03. The van der Waals surface area contributed by atoms with Gasteiger partial charge in [0.1, 0.15) is 5.82 Å². The summed E-state index contributed by atoms with van der Waals surface area (Å²) >= 11 is 5.74. The zero-order chi connectivity index (χ0) is 10.7. The summed E-state index contributed by atoms with van der Waals surface area (Å²) in [7, 11) is 0. The maximum Gasteiger partial charge on any atom is 0.178 e. The molecule has 1 aromatic carbocycles. The van der Waals surface area contributed by atoms with E-state index in [0.717, 1.165) is 6.07 Å². The minimum absolute atomic E-state index is 0.0660. The molecule has 0 amide bonds. The van der Waals surface area contributed by atoms with Gasteiger partial charge in [-0.15, -0.1) is 0 Å². The molecule has 1 rings (SSSR count). The highest BCUT2D eigenvalue weighted by Crippen LogP contribution is 2.21. The largest absolute Gasteiger partial charge is 0.293 e. The van der Waals surface area contributed by atoms with Crippen LogP contribution in [0.1, 0.15) is 22.3 Å². The summed E-state index contributed by atoms with van der Waals surface area (Å²) in [5, 5.41) is 8.49. The van der Waals surface area contributed by atoms with E-state index in [1.807, 2.05) is 0 Å². The molecule has 0 unspecified atom stereocenters. The number of halogens is 2. The van der Waals surface area contributed by atoms with Gasteiger partial charge in [-0.3, -0.25) is 4.79 Å². The van der Waals surface area contributed by atoms with Crippen molar-refractivity contribution in [2.45, 2.75) is 13.3 Å². The van der Waals surface area contributed by atoms with Crippen molar-refractivity contribution in [2.24, 2.45) is 0 Å². The zero-order valence-electron chi connectivity index (χ0n) is 7.47. The molecule has 72 valence electrons. The quantitative estimate of drug-likeness (QED) is 0.706. The Bertz CT molecular complexity index is 423. The summed E-state index contributed by atoms with van der Waals surface area (Å²) in [5.41, 5.74) is 0.444. The molecule has 0 heterocycles. The second-order valence-electron chi connectivity index (χ2n) is 2.84. The van der Waals surface area contributed by atoms with Crippen LogP contribution in [-0.4, -0.2) is 5.78 Å². The van der Waals surface area contributed by atoms with Gasteiger partial charge < -0.3 is 0 Å². The fourth-order valence-corrected chi connectivity index (χ4v) is 1.35. The van der Waals surface area contributed by atoms with Crippen LogP contribution in [0.3, 0.4) is 0 Å². The first-order valence-corrected chi connectivity index (χ1v) is 4.30. The lowest BCUT2D eigenvalue weighted by atomic mass is 10.1. The van der Waals surface area contributed by atoms with Crippen molar-refractivity contribution in [2.75, 3.05) is 0 Å². The third-order valence-electron chi connectivity index (χ3n) is 1.79. The molecule has 0 aliphatic rings. The van der Waals surface area contributed by atoms with Crippen molar-refractivity contribution in [3.8, 4) is 6.07 Å². The van der Waals surface area contributed by atoms with Crippen molar-refractivity contribution in [1.82, 2.24) is 0 Å². The number of hydrogen-bond acceptors (Lipinski definition) is 2. The van der Waals surface area contributed by atoms with E-state index in [0.29, 0.717) is 5.56 Å². The van der Waals surface area contributed by atoms with Crippen LogP contribution in [0.25, 0.3) is 0 Å². The van der Waals surface area contributed by atoms with Crippen LogP contribution in [0.15, 0.2) is 12.1 Å². The first kappa shape index (κ1) is 10.7. The molecule has 0 aliphatic heterocycles. The summed E-state index contributed by atoms with van der Waals surface area (Å²) in [6, 6.07) is 4.14. The van der Waals surface area contributed by atoms with E-state index in [1.54, 1.807) is 13.0 Å². The first-order valence-electron chi connectivity index (χ1n) is 3.92. The number of Topliss-reactive ketones (excluding diaryl/α,β-unsaturated/α-hetero) is 1. The standard InChI is InChI=1S/C10H7ClFNO/c1-6-4-8(11)7(5-9(6)12)10(14)2-3-13/h4-5H,2H2,1H3. The summed E-state index contributed by atoms with van der Waals surface area (Å²) in [5.74, 6) is -0.952. The van der Waals surface area contributed by atoms with Crippen molar-refractivity contribution in [3.05, 3.63) is 34.1 Å². The van der Waals surface area contributed by atoms with Gasteiger partial charge in [-0.1, -0.05) is 11.6 Å². The molecule has 0 N–H and O–H groups in total. The summed E-state index contributed by atoms with van der Waals surface area (Å²) in [6.07, 6.45) is -0.289. The molecule has 0 spiro atoms. The molecule has 4 heteroatoms. The predicted molar refractivity (Wildman–Crippen MR) is 50.7 cm³/mol. The van der Waals surface area contributed by atoms with Crippen LogP contribution < -0.4 is 0 Å². The molecule has 0 saturated carbocycles. The van der Waals surface area contributed by atoms with Gasteiger partial charge in [-0.25, -0.2) is 4.39 Å². The van der Waals surface area contributed by atoms with E-state index in [-0.39, 0.29) is 17.0 Å². The van der Waals surface area contributed by atoms with E-state index in [9.17, 15) is 9.18 Å². The van der Waals surface area contributed by atoms with Gasteiger partial charge in [0.2, 0.25) is 0 Å². The molecule has 1 aromatic rings. The van der Waals surface area contributed by atoms with Crippen molar-refractivity contribution in [1.29, 1.82) is 5.26 Å². The fourth-order valence-electron chi connectivity index (χ4n) is 1.03. The van der Waals surface area contributed by atoms with E-state index in [2.05, 4.69) is 0 Å². The minimum atomic E-state index is -0.490. The van der Waals surface area contributed by atoms with Gasteiger partial charge in [0.25, 0.3) is 0 Å². The number of carbonyl (C=O) groups excluding carboxylic acids is 1. The topological polar surface area (TPSA) is 40.9 Å². The van der Waals surface area contributed by atoms with Crippen molar-refractivity contribution >= 4 is 17.4 Å². The van der Waals surface area contributed by atoms with Gasteiger partial charge in [-0.2, -0.15) is 5.26 Å². The fraction of sp³-hybridized carbons (Fsp3) is 0.200. The number of nitrogens with zero attached hydrogens (tertiary/aromatic N) is 1. The number of ketones is 1. The maximum atomic E-state index is 13.1. The van der Waals surface area contributed by atoms with Crippen LogP contribution in [0.4, 0.5) is 4.39 Å². The molecule has 0 aliphatic carbocycles. The third kappa shape index (κ3) is 2.09. The van der Waals surface area contributed by atoms with Gasteiger partial charge >= 0.3 is 0 Å². The average molecular weight is 212 g/mol. The first-order chi connectivity index (χ1) is 6.56. The Kier molecular flexibility index (Phi) is 3.21. The molecular formula is C10H7ClFNO. The molecule has 0 bridgehead atoms. The monoisotopic (exact) mass is 211 g/mol. The van der Waals surface area contributed by atoms with E-state index >= 15 is 0 Å². The summed E-state index contributed by atoms with van der Waals surface area (Å²) in [6.45, 7) is 1.56. The molecule has 0 fully saturated rings. The summed E-state index contributed by atoms with van der Waals surface area (Å²) in [4.78, 5) is 11.3. The average Bonchev–Trinajstić information content (AvgIpc) is 2.11. The molecule has 14 heavy (non-hydrogen) atoms. The van der Waals surface area contributed by atoms with Crippen LogP contribution in [0.5, 0.6) is 0 Å². The Labute approximate surface area is 85.9 Å². The predicted octanol–water partition coefficient (Wildman–Crippen LogP) is 2.88. The molecule has 0 radical (unpaired) electrons. The van der Waals surface area contributed by atoms with Crippen LogP contribution in [0.2, 0.25) is 5.02 Å². The SMILES string of the molecule is Cc1cc(Cl)c(C(=O)CC#N)cc1F. The van der Waals surface area contributed by atoms with Crippen LogP contribution in [0, 0.1) is 24.1 Å². The number of aryl methyl sites for hydroxylation is 1. The second-order valence-corrected chi connectivity index (χ2v) is 3.25. The van der Waals surface area contributed by atoms with Gasteiger partial charge in [0, 0.05) is 5.56 Å². The maximum absolute atomic E-state index is 13.1. The van der Waals surface area contributed by atoms with E-state index in [1.165, 1.54) is 6.07 Å². The number of carbonyl (C=O) groups is 1. The van der Waals surface area contributed by atoms with Crippen molar-refractivity contribution < 1.29 is 9.18 Å². The minimum Gasteiger partial charge on any atom is -0.293 e. The van der Waals surface area contributed by atoms with Gasteiger partial charge in [0.15, 0.2) is 5.78 Å². The number of rotatable bonds is 2. The molecule has 0 aromatic heterocycles. The van der Waals surface area contributed by atoms with Crippen LogP contribution >= 0.6 is 11.6 Å². The molecule has 0 saturated heterocycles. The zero-order valence-corrected chi connectivity index (χ0v) is 8.23. The van der Waals surface area contributed by atoms with Crippen LogP contribution in [-0.2, 0) is 0 Å². The van der Waals surface area contributed by atoms with Gasteiger partial charge in [-0.05, 0) is 24.6 Å². The summed E-state index contributed by atoms with van der Waals surface area (Å²) < 4.78 is 13.1. The number of benzene rings is 1. The van der Waals surface area contributed by atoms with E-state index in [4.69, 9.17) is 16.9 Å². The Balaban J connectivity index is 3.17. The smallest absolute Gasteiger partial charge is 0.178 e. The Hall–Kier alpha value is -1.40. The number of hydrogen-bond donors (Lipinski definition) is 0. The second kappa shape index (κ2) is 4.21. The lowest BCUT2D eigenvalue weighted by molar-refractivity contribution is 0.0997. The van der Waals surface area contributed by atoms with E-state index < -0.39 is 11.6 Å². The highest BCUT2D eigenvalue weighted by Gasteiger charge is 2.12.